The molecule has 0 radical (unpaired) electrons. The SMILES string of the molecule is Cc1ccc(NC(=O)[C@H](C)OC(=O)COc2ccc3ccccc3c2)cc1. The summed E-state index contributed by atoms with van der Waals surface area (Å²) in [5, 5.41) is 4.83. The lowest BCUT2D eigenvalue weighted by atomic mass is 10.1. The molecule has 0 aromatic heterocycles. The van der Waals surface area contributed by atoms with Crippen LogP contribution < -0.4 is 10.1 Å². The summed E-state index contributed by atoms with van der Waals surface area (Å²) < 4.78 is 10.6. The van der Waals surface area contributed by atoms with Crippen molar-refractivity contribution in [3.63, 3.8) is 0 Å². The van der Waals surface area contributed by atoms with E-state index in [0.29, 0.717) is 11.4 Å². The molecule has 0 aliphatic heterocycles. The summed E-state index contributed by atoms with van der Waals surface area (Å²) in [7, 11) is 0. The largest absolute Gasteiger partial charge is 0.482 e. The van der Waals surface area contributed by atoms with Gasteiger partial charge < -0.3 is 14.8 Å². The summed E-state index contributed by atoms with van der Waals surface area (Å²) in [6, 6.07) is 20.8. The summed E-state index contributed by atoms with van der Waals surface area (Å²) in [6.07, 6.45) is -0.918. The van der Waals surface area contributed by atoms with Crippen LogP contribution in [0, 0.1) is 6.92 Å². The van der Waals surface area contributed by atoms with Crippen LogP contribution in [-0.4, -0.2) is 24.6 Å². The third-order valence-corrected chi connectivity index (χ3v) is 4.07. The quantitative estimate of drug-likeness (QED) is 0.670. The lowest BCUT2D eigenvalue weighted by Crippen LogP contribution is -2.31. The molecule has 1 atom stereocenters. The van der Waals surface area contributed by atoms with E-state index in [4.69, 9.17) is 9.47 Å². The molecular formula is C22H21NO4. The van der Waals surface area contributed by atoms with E-state index in [1.807, 2.05) is 55.5 Å². The Morgan fingerprint density at radius 2 is 1.67 bits per heavy atom. The number of ether oxygens (including phenoxy) is 2. The van der Waals surface area contributed by atoms with E-state index in [0.717, 1.165) is 16.3 Å². The summed E-state index contributed by atoms with van der Waals surface area (Å²) in [5.74, 6) is -0.421. The van der Waals surface area contributed by atoms with Gasteiger partial charge in [-0.1, -0.05) is 48.0 Å². The van der Waals surface area contributed by atoms with Gasteiger partial charge in [0.25, 0.3) is 5.91 Å². The minimum absolute atomic E-state index is 0.263. The average molecular weight is 363 g/mol. The van der Waals surface area contributed by atoms with Crippen LogP contribution >= 0.6 is 0 Å². The first-order valence-electron chi connectivity index (χ1n) is 8.70. The van der Waals surface area contributed by atoms with Crippen LogP contribution in [0.3, 0.4) is 0 Å². The smallest absolute Gasteiger partial charge is 0.344 e. The van der Waals surface area contributed by atoms with Crippen LogP contribution in [0.25, 0.3) is 10.8 Å². The maximum absolute atomic E-state index is 12.1. The molecule has 5 heteroatoms. The summed E-state index contributed by atoms with van der Waals surface area (Å²) in [4.78, 5) is 24.1. The zero-order chi connectivity index (χ0) is 19.2. The maximum Gasteiger partial charge on any atom is 0.344 e. The number of carbonyl (C=O) groups excluding carboxylic acids is 2. The number of rotatable bonds is 6. The van der Waals surface area contributed by atoms with Crippen LogP contribution in [0.5, 0.6) is 5.75 Å². The Kier molecular flexibility index (Phi) is 5.71. The van der Waals surface area contributed by atoms with Gasteiger partial charge in [0.2, 0.25) is 0 Å². The number of amides is 1. The van der Waals surface area contributed by atoms with Gasteiger partial charge in [-0.2, -0.15) is 0 Å². The Morgan fingerprint density at radius 1 is 0.963 bits per heavy atom. The van der Waals surface area contributed by atoms with Gasteiger partial charge in [-0.25, -0.2) is 4.79 Å². The molecular weight excluding hydrogens is 342 g/mol. The third-order valence-electron chi connectivity index (χ3n) is 4.07. The average Bonchev–Trinajstić information content (AvgIpc) is 2.68. The number of nitrogens with one attached hydrogen (secondary N) is 1. The summed E-state index contributed by atoms with van der Waals surface area (Å²) >= 11 is 0. The van der Waals surface area contributed by atoms with Crippen LogP contribution in [0.15, 0.2) is 66.7 Å². The topological polar surface area (TPSA) is 64.6 Å². The molecule has 5 nitrogen and oxygen atoms in total. The standard InChI is InChI=1S/C22H21NO4/c1-15-7-10-19(11-8-15)23-22(25)16(2)27-21(24)14-26-20-12-9-17-5-3-4-6-18(17)13-20/h3-13,16H,14H2,1-2H3,(H,23,25)/t16-/m0/s1. The molecule has 1 N–H and O–H groups in total. The fourth-order valence-corrected chi connectivity index (χ4v) is 2.56. The number of esters is 1. The van der Waals surface area contributed by atoms with Crippen LogP contribution in [0.4, 0.5) is 5.69 Å². The van der Waals surface area contributed by atoms with Gasteiger partial charge >= 0.3 is 5.97 Å². The number of fused-ring (bicyclic) bond motifs is 1. The monoisotopic (exact) mass is 363 g/mol. The van der Waals surface area contributed by atoms with E-state index < -0.39 is 18.0 Å². The molecule has 0 saturated carbocycles. The van der Waals surface area contributed by atoms with Crippen LogP contribution in [0.1, 0.15) is 12.5 Å². The molecule has 1 amide bonds. The van der Waals surface area contributed by atoms with Gasteiger partial charge in [0.1, 0.15) is 5.75 Å². The molecule has 3 aromatic carbocycles. The van der Waals surface area contributed by atoms with Gasteiger partial charge in [-0.15, -0.1) is 0 Å². The van der Waals surface area contributed by atoms with E-state index in [1.165, 1.54) is 6.92 Å². The molecule has 3 aromatic rings. The van der Waals surface area contributed by atoms with E-state index in [1.54, 1.807) is 18.2 Å². The van der Waals surface area contributed by atoms with Crippen LogP contribution in [-0.2, 0) is 14.3 Å². The normalized spacial score (nSPS) is 11.6. The van der Waals surface area contributed by atoms with E-state index in [9.17, 15) is 9.59 Å². The second-order valence-corrected chi connectivity index (χ2v) is 6.28. The van der Waals surface area contributed by atoms with E-state index >= 15 is 0 Å². The molecule has 0 saturated heterocycles. The molecule has 0 unspecified atom stereocenters. The molecule has 0 heterocycles. The van der Waals surface area contributed by atoms with E-state index in [-0.39, 0.29) is 6.61 Å². The van der Waals surface area contributed by atoms with Crippen molar-refractivity contribution in [2.75, 3.05) is 11.9 Å². The second kappa shape index (κ2) is 8.36. The molecule has 138 valence electrons. The minimum atomic E-state index is -0.918. The van der Waals surface area contributed by atoms with Crippen molar-refractivity contribution in [3.8, 4) is 5.75 Å². The number of carbonyl (C=O) groups is 2. The zero-order valence-corrected chi connectivity index (χ0v) is 15.3. The second-order valence-electron chi connectivity index (χ2n) is 6.28. The fourth-order valence-electron chi connectivity index (χ4n) is 2.56. The first-order chi connectivity index (χ1) is 13.0. The fraction of sp³-hybridized carbons (Fsp3) is 0.182. The first-order valence-corrected chi connectivity index (χ1v) is 8.70. The molecule has 0 aliphatic rings. The Morgan fingerprint density at radius 3 is 2.41 bits per heavy atom. The van der Waals surface area contributed by atoms with Crippen molar-refractivity contribution in [2.24, 2.45) is 0 Å². The predicted octanol–water partition coefficient (Wildman–Crippen LogP) is 4.10. The molecule has 0 spiro atoms. The summed E-state index contributed by atoms with van der Waals surface area (Å²) in [5.41, 5.74) is 1.75. The van der Waals surface area contributed by atoms with E-state index in [2.05, 4.69) is 5.32 Å². The predicted molar refractivity (Wildman–Crippen MR) is 105 cm³/mol. The summed E-state index contributed by atoms with van der Waals surface area (Å²) in [6.45, 7) is 3.23. The minimum Gasteiger partial charge on any atom is -0.482 e. The number of hydrogen-bond acceptors (Lipinski definition) is 4. The molecule has 27 heavy (non-hydrogen) atoms. The highest BCUT2D eigenvalue weighted by molar-refractivity contribution is 5.95. The van der Waals surface area contributed by atoms with Gasteiger partial charge in [-0.05, 0) is 48.9 Å². The zero-order valence-electron chi connectivity index (χ0n) is 15.3. The maximum atomic E-state index is 12.1. The van der Waals surface area contributed by atoms with Crippen molar-refractivity contribution in [3.05, 3.63) is 72.3 Å². The van der Waals surface area contributed by atoms with Gasteiger partial charge in [-0.3, -0.25) is 4.79 Å². The number of benzene rings is 3. The molecule has 0 fully saturated rings. The number of anilines is 1. The number of aryl methyl sites for hydroxylation is 1. The lowest BCUT2D eigenvalue weighted by molar-refractivity contribution is -0.155. The molecule has 3 rings (SSSR count). The van der Waals surface area contributed by atoms with Gasteiger partial charge in [0.15, 0.2) is 12.7 Å². The third kappa shape index (κ3) is 5.07. The molecule has 0 bridgehead atoms. The Bertz CT molecular complexity index is 950. The van der Waals surface area contributed by atoms with Crippen molar-refractivity contribution < 1.29 is 19.1 Å². The van der Waals surface area contributed by atoms with Crippen molar-refractivity contribution in [1.29, 1.82) is 0 Å². The highest BCUT2D eigenvalue weighted by Gasteiger charge is 2.18. The van der Waals surface area contributed by atoms with Crippen molar-refractivity contribution in [1.82, 2.24) is 0 Å². The van der Waals surface area contributed by atoms with Crippen molar-refractivity contribution in [2.45, 2.75) is 20.0 Å². The Balaban J connectivity index is 1.50. The van der Waals surface area contributed by atoms with Gasteiger partial charge in [0.05, 0.1) is 0 Å². The first kappa shape index (κ1) is 18.5. The highest BCUT2D eigenvalue weighted by Crippen LogP contribution is 2.20. The lowest BCUT2D eigenvalue weighted by Gasteiger charge is -2.14. The van der Waals surface area contributed by atoms with Gasteiger partial charge in [0, 0.05) is 5.69 Å². The Hall–Kier alpha value is -3.34. The highest BCUT2D eigenvalue weighted by atomic mass is 16.6. The number of hydrogen-bond donors (Lipinski definition) is 1. The Labute approximate surface area is 157 Å². The molecule has 0 aliphatic carbocycles. The van der Waals surface area contributed by atoms with Crippen LogP contribution in [0.2, 0.25) is 0 Å². The van der Waals surface area contributed by atoms with Crippen molar-refractivity contribution >= 4 is 28.3 Å².